The van der Waals surface area contributed by atoms with Crippen LogP contribution in [0.4, 0.5) is 4.79 Å². The van der Waals surface area contributed by atoms with Crippen molar-refractivity contribution in [2.45, 2.75) is 84.4 Å². The van der Waals surface area contributed by atoms with Gasteiger partial charge in [-0.2, -0.15) is 0 Å². The minimum absolute atomic E-state index is 0.0893. The maximum atomic E-state index is 13.8. The van der Waals surface area contributed by atoms with E-state index in [1.54, 1.807) is 32.9 Å². The molecule has 0 aliphatic rings. The van der Waals surface area contributed by atoms with Crippen LogP contribution in [-0.4, -0.2) is 65.2 Å². The Labute approximate surface area is 213 Å². The Kier molecular flexibility index (Phi) is 12.9. The third-order valence-electron chi connectivity index (χ3n) is 5.42. The topological polar surface area (TPSA) is 151 Å². The summed E-state index contributed by atoms with van der Waals surface area (Å²) in [5.41, 5.74) is 5.87. The number of ether oxygens (including phenoxy) is 1. The van der Waals surface area contributed by atoms with Crippen molar-refractivity contribution in [2.24, 2.45) is 5.73 Å². The number of carbonyl (C=O) groups is 4. The van der Waals surface area contributed by atoms with Crippen LogP contribution in [0.1, 0.15) is 77.0 Å². The third kappa shape index (κ3) is 10.6. The highest BCUT2D eigenvalue weighted by molar-refractivity contribution is 5.92. The van der Waals surface area contributed by atoms with Crippen LogP contribution in [-0.2, 0) is 19.1 Å². The van der Waals surface area contributed by atoms with E-state index < -0.39 is 48.1 Å². The quantitative estimate of drug-likeness (QED) is 0.284. The van der Waals surface area contributed by atoms with Crippen molar-refractivity contribution in [1.82, 2.24) is 15.5 Å². The lowest BCUT2D eigenvalue weighted by atomic mass is 9.97. The molecule has 0 heterocycles. The first-order valence-electron chi connectivity index (χ1n) is 12.4. The van der Waals surface area contributed by atoms with E-state index in [1.165, 1.54) is 4.90 Å². The maximum Gasteiger partial charge on any atom is 0.408 e. The molecular formula is C26H42N4O6. The van der Waals surface area contributed by atoms with Crippen molar-refractivity contribution in [3.63, 3.8) is 0 Å². The second kappa shape index (κ2) is 15.1. The van der Waals surface area contributed by atoms with Gasteiger partial charge in [0, 0.05) is 19.5 Å². The van der Waals surface area contributed by atoms with Gasteiger partial charge in [-0.05, 0) is 51.7 Å². The summed E-state index contributed by atoms with van der Waals surface area (Å²) in [6.07, 6.45) is 1.63. The number of aryl methyl sites for hydroxylation is 1. The molecule has 0 saturated carbocycles. The number of benzene rings is 1. The maximum absolute atomic E-state index is 13.8. The standard InChI is InChI=1S/C26H42N4O6/c1-6-7-10-15-28-23(33)22(19-12-9-8-11-18(19)2)30(16-17-31)24(34)20(13-14-21(27)32)29-25(35)36-26(3,4)5/h8-9,11-12,20,22,31H,6-7,10,13-17H2,1-5H3,(H2,27,32)(H,28,33)(H,29,35). The van der Waals surface area contributed by atoms with E-state index in [0.29, 0.717) is 12.1 Å². The fraction of sp³-hybridized carbons (Fsp3) is 0.615. The third-order valence-corrected chi connectivity index (χ3v) is 5.42. The number of hydrogen-bond donors (Lipinski definition) is 4. The molecule has 0 saturated heterocycles. The molecule has 4 amide bonds. The average Bonchev–Trinajstić information content (AvgIpc) is 2.78. The molecule has 0 bridgehead atoms. The van der Waals surface area contributed by atoms with Crippen molar-refractivity contribution in [1.29, 1.82) is 0 Å². The van der Waals surface area contributed by atoms with Gasteiger partial charge in [0.15, 0.2) is 0 Å². The van der Waals surface area contributed by atoms with E-state index in [2.05, 4.69) is 17.6 Å². The lowest BCUT2D eigenvalue weighted by molar-refractivity contribution is -0.143. The normalized spacial score (nSPS) is 12.8. The number of rotatable bonds is 14. The van der Waals surface area contributed by atoms with Gasteiger partial charge in [0.1, 0.15) is 17.7 Å². The Morgan fingerprint density at radius 1 is 1.14 bits per heavy atom. The smallest absolute Gasteiger partial charge is 0.408 e. The fourth-order valence-electron chi connectivity index (χ4n) is 3.70. The van der Waals surface area contributed by atoms with Crippen LogP contribution in [0.3, 0.4) is 0 Å². The lowest BCUT2D eigenvalue weighted by Crippen LogP contribution is -2.54. The molecule has 1 aromatic rings. The lowest BCUT2D eigenvalue weighted by Gasteiger charge is -2.34. The molecule has 0 aromatic heterocycles. The Balaban J connectivity index is 3.37. The number of amides is 4. The molecule has 36 heavy (non-hydrogen) atoms. The van der Waals surface area contributed by atoms with E-state index in [-0.39, 0.29) is 19.4 Å². The molecule has 0 radical (unpaired) electrons. The number of carbonyl (C=O) groups excluding carboxylic acids is 4. The summed E-state index contributed by atoms with van der Waals surface area (Å²) < 4.78 is 5.29. The number of hydrogen-bond acceptors (Lipinski definition) is 6. The van der Waals surface area contributed by atoms with Gasteiger partial charge in [-0.25, -0.2) is 4.79 Å². The summed E-state index contributed by atoms with van der Waals surface area (Å²) in [5, 5.41) is 15.2. The largest absolute Gasteiger partial charge is 0.444 e. The molecule has 2 atom stereocenters. The highest BCUT2D eigenvalue weighted by Crippen LogP contribution is 2.26. The number of nitrogens with one attached hydrogen (secondary N) is 2. The molecule has 5 N–H and O–H groups in total. The number of primary amides is 1. The number of unbranched alkanes of at least 4 members (excludes halogenated alkanes) is 2. The van der Waals surface area contributed by atoms with Gasteiger partial charge in [-0.1, -0.05) is 44.0 Å². The summed E-state index contributed by atoms with van der Waals surface area (Å²) >= 11 is 0. The van der Waals surface area contributed by atoms with Gasteiger partial charge in [0.25, 0.3) is 0 Å². The SMILES string of the molecule is CCCCCNC(=O)C(c1ccccc1C)N(CCO)C(=O)C(CCC(N)=O)NC(=O)OC(C)(C)C. The number of alkyl carbamates (subject to hydrolysis) is 1. The van der Waals surface area contributed by atoms with Gasteiger partial charge >= 0.3 is 6.09 Å². The van der Waals surface area contributed by atoms with Gasteiger partial charge < -0.3 is 31.1 Å². The Hall–Kier alpha value is -3.14. The van der Waals surface area contributed by atoms with Crippen LogP contribution in [0, 0.1) is 6.92 Å². The zero-order chi connectivity index (χ0) is 27.3. The van der Waals surface area contributed by atoms with Crippen molar-refractivity contribution in [2.75, 3.05) is 19.7 Å². The number of nitrogens with zero attached hydrogens (tertiary/aromatic N) is 1. The summed E-state index contributed by atoms with van der Waals surface area (Å²) in [5.74, 6) is -1.67. The van der Waals surface area contributed by atoms with Crippen LogP contribution in [0.2, 0.25) is 0 Å². The van der Waals surface area contributed by atoms with Gasteiger partial charge in [-0.15, -0.1) is 0 Å². The van der Waals surface area contributed by atoms with Crippen LogP contribution in [0.5, 0.6) is 0 Å². The molecule has 1 aromatic carbocycles. The second-order valence-electron chi connectivity index (χ2n) is 9.72. The van der Waals surface area contributed by atoms with E-state index in [0.717, 1.165) is 24.8 Å². The number of aliphatic hydroxyl groups is 1. The molecule has 0 aliphatic heterocycles. The predicted octanol–water partition coefficient (Wildman–Crippen LogP) is 2.32. The zero-order valence-electron chi connectivity index (χ0n) is 22.1. The molecule has 10 heteroatoms. The van der Waals surface area contributed by atoms with Gasteiger partial charge in [0.05, 0.1) is 6.61 Å². The van der Waals surface area contributed by atoms with Crippen LogP contribution < -0.4 is 16.4 Å². The Morgan fingerprint density at radius 2 is 1.81 bits per heavy atom. The summed E-state index contributed by atoms with van der Waals surface area (Å²) in [6, 6.07) is 4.93. The predicted molar refractivity (Wildman–Crippen MR) is 137 cm³/mol. The molecule has 1 rings (SSSR count). The highest BCUT2D eigenvalue weighted by Gasteiger charge is 2.36. The minimum Gasteiger partial charge on any atom is -0.444 e. The van der Waals surface area contributed by atoms with E-state index >= 15 is 0 Å². The van der Waals surface area contributed by atoms with Crippen molar-refractivity contribution in [3.8, 4) is 0 Å². The van der Waals surface area contributed by atoms with Crippen molar-refractivity contribution >= 4 is 23.8 Å². The number of aliphatic hydroxyl groups excluding tert-OH is 1. The van der Waals surface area contributed by atoms with Crippen LogP contribution >= 0.6 is 0 Å². The minimum atomic E-state index is -1.20. The zero-order valence-corrected chi connectivity index (χ0v) is 22.1. The van der Waals surface area contributed by atoms with Gasteiger partial charge in [0.2, 0.25) is 17.7 Å². The summed E-state index contributed by atoms with van der Waals surface area (Å²) in [4.78, 5) is 52.4. The summed E-state index contributed by atoms with van der Waals surface area (Å²) in [7, 11) is 0. The molecule has 10 nitrogen and oxygen atoms in total. The van der Waals surface area contributed by atoms with Crippen LogP contribution in [0.25, 0.3) is 0 Å². The monoisotopic (exact) mass is 506 g/mol. The Morgan fingerprint density at radius 3 is 2.36 bits per heavy atom. The van der Waals surface area contributed by atoms with E-state index in [1.807, 2.05) is 19.1 Å². The fourth-order valence-corrected chi connectivity index (χ4v) is 3.70. The Bertz CT molecular complexity index is 883. The molecule has 0 fully saturated rings. The summed E-state index contributed by atoms with van der Waals surface area (Å²) in [6.45, 7) is 8.81. The first-order chi connectivity index (χ1) is 16.9. The first-order valence-corrected chi connectivity index (χ1v) is 12.4. The van der Waals surface area contributed by atoms with Crippen molar-refractivity contribution in [3.05, 3.63) is 35.4 Å². The first kappa shape index (κ1) is 30.9. The van der Waals surface area contributed by atoms with Crippen molar-refractivity contribution < 1.29 is 29.0 Å². The van der Waals surface area contributed by atoms with Gasteiger partial charge in [-0.3, -0.25) is 14.4 Å². The average molecular weight is 507 g/mol. The molecule has 2 unspecified atom stereocenters. The molecule has 0 spiro atoms. The second-order valence-corrected chi connectivity index (χ2v) is 9.72. The molecule has 202 valence electrons. The molecular weight excluding hydrogens is 464 g/mol. The number of nitrogens with two attached hydrogens (primary N) is 1. The van der Waals surface area contributed by atoms with Crippen LogP contribution in [0.15, 0.2) is 24.3 Å². The molecule has 0 aliphatic carbocycles. The van der Waals surface area contributed by atoms with E-state index in [9.17, 15) is 24.3 Å². The van der Waals surface area contributed by atoms with E-state index in [4.69, 9.17) is 10.5 Å². The highest BCUT2D eigenvalue weighted by atomic mass is 16.6.